The molecule has 1 N–H and O–H groups in total. The molecule has 1 heterocycles. The van der Waals surface area contributed by atoms with Crippen molar-refractivity contribution >= 4 is 0 Å². The molecule has 90 valence electrons. The molecular weight excluding hydrogens is 210 g/mol. The third-order valence-corrected chi connectivity index (χ3v) is 2.60. The fourth-order valence-electron chi connectivity index (χ4n) is 1.71. The second-order valence-corrected chi connectivity index (χ2v) is 4.45. The number of benzene rings is 1. The predicted molar refractivity (Wildman–Crippen MR) is 70.4 cm³/mol. The molecule has 0 fully saturated rings. The van der Waals surface area contributed by atoms with Crippen LogP contribution < -0.4 is 5.32 Å². The Labute approximate surface area is 102 Å². The van der Waals surface area contributed by atoms with Gasteiger partial charge < -0.3 is 5.32 Å². The first-order valence-corrected chi connectivity index (χ1v) is 6.09. The summed E-state index contributed by atoms with van der Waals surface area (Å²) in [6.07, 6.45) is 2.98. The highest BCUT2D eigenvalue weighted by atomic mass is 15.3. The first-order valence-electron chi connectivity index (χ1n) is 6.09. The normalized spacial score (nSPS) is 11.0. The van der Waals surface area contributed by atoms with Gasteiger partial charge in [0.25, 0.3) is 0 Å². The Morgan fingerprint density at radius 3 is 2.65 bits per heavy atom. The number of nitrogens with one attached hydrogen (secondary N) is 1. The number of para-hydroxylation sites is 1. The van der Waals surface area contributed by atoms with Gasteiger partial charge in [0.05, 0.1) is 11.4 Å². The summed E-state index contributed by atoms with van der Waals surface area (Å²) in [5.74, 6) is 0. The average molecular weight is 229 g/mol. The van der Waals surface area contributed by atoms with E-state index in [1.807, 2.05) is 29.1 Å². The maximum atomic E-state index is 4.55. The number of hydrogen-bond donors (Lipinski definition) is 1. The van der Waals surface area contributed by atoms with Crippen LogP contribution in [0.25, 0.3) is 5.69 Å². The summed E-state index contributed by atoms with van der Waals surface area (Å²) in [4.78, 5) is 0. The molecule has 0 radical (unpaired) electrons. The summed E-state index contributed by atoms with van der Waals surface area (Å²) in [6, 6.07) is 12.8. The van der Waals surface area contributed by atoms with Crippen LogP contribution in [0.2, 0.25) is 0 Å². The van der Waals surface area contributed by atoms with Crippen LogP contribution in [0.4, 0.5) is 0 Å². The molecule has 1 aromatic heterocycles. The predicted octanol–water partition coefficient (Wildman–Crippen LogP) is 2.41. The molecule has 3 nitrogen and oxygen atoms in total. The first-order chi connectivity index (χ1) is 8.25. The largest absolute Gasteiger partial charge is 0.314 e. The van der Waals surface area contributed by atoms with Crippen molar-refractivity contribution in [3.63, 3.8) is 0 Å². The molecule has 3 heteroatoms. The zero-order valence-electron chi connectivity index (χ0n) is 10.4. The van der Waals surface area contributed by atoms with E-state index in [0.717, 1.165) is 24.3 Å². The van der Waals surface area contributed by atoms with Crippen molar-refractivity contribution in [2.45, 2.75) is 26.3 Å². The molecule has 17 heavy (non-hydrogen) atoms. The van der Waals surface area contributed by atoms with E-state index < -0.39 is 0 Å². The average Bonchev–Trinajstić information content (AvgIpc) is 2.78. The van der Waals surface area contributed by atoms with Gasteiger partial charge >= 0.3 is 0 Å². The first kappa shape index (κ1) is 11.9. The summed E-state index contributed by atoms with van der Waals surface area (Å²) in [5, 5.41) is 7.95. The standard InChI is InChI=1S/C14H19N3/c1-12(2)15-10-8-13-9-11-17(16-13)14-6-4-3-5-7-14/h3-7,9,11-12,15H,8,10H2,1-2H3. The minimum absolute atomic E-state index is 0.534. The lowest BCUT2D eigenvalue weighted by Crippen LogP contribution is -2.25. The van der Waals surface area contributed by atoms with Crippen LogP contribution in [-0.4, -0.2) is 22.4 Å². The number of rotatable bonds is 5. The van der Waals surface area contributed by atoms with Crippen LogP contribution in [0, 0.1) is 0 Å². The Morgan fingerprint density at radius 1 is 1.18 bits per heavy atom. The summed E-state index contributed by atoms with van der Waals surface area (Å²) < 4.78 is 1.92. The maximum Gasteiger partial charge on any atom is 0.0645 e. The highest BCUT2D eigenvalue weighted by molar-refractivity contribution is 5.30. The van der Waals surface area contributed by atoms with Crippen LogP contribution in [0.5, 0.6) is 0 Å². The number of aromatic nitrogens is 2. The minimum atomic E-state index is 0.534. The maximum absolute atomic E-state index is 4.55. The van der Waals surface area contributed by atoms with Crippen molar-refractivity contribution in [2.24, 2.45) is 0 Å². The van der Waals surface area contributed by atoms with Gasteiger partial charge in [-0.1, -0.05) is 32.0 Å². The second kappa shape index (κ2) is 5.64. The molecule has 1 aromatic carbocycles. The van der Waals surface area contributed by atoms with Crippen molar-refractivity contribution in [3.05, 3.63) is 48.3 Å². The van der Waals surface area contributed by atoms with Gasteiger partial charge in [0.2, 0.25) is 0 Å². The molecule has 0 aliphatic rings. The summed E-state index contributed by atoms with van der Waals surface area (Å²) in [5.41, 5.74) is 2.23. The van der Waals surface area contributed by atoms with E-state index in [-0.39, 0.29) is 0 Å². The van der Waals surface area contributed by atoms with Crippen molar-refractivity contribution in [1.29, 1.82) is 0 Å². The topological polar surface area (TPSA) is 29.9 Å². The molecule has 0 unspecified atom stereocenters. The summed E-state index contributed by atoms with van der Waals surface area (Å²) >= 11 is 0. The van der Waals surface area contributed by atoms with Crippen LogP contribution in [-0.2, 0) is 6.42 Å². The van der Waals surface area contributed by atoms with Gasteiger partial charge in [0.1, 0.15) is 0 Å². The molecule has 0 saturated carbocycles. The van der Waals surface area contributed by atoms with Gasteiger partial charge in [-0.2, -0.15) is 5.10 Å². The Morgan fingerprint density at radius 2 is 1.94 bits per heavy atom. The van der Waals surface area contributed by atoms with Gasteiger partial charge in [-0.3, -0.25) is 0 Å². The molecule has 0 aliphatic heterocycles. The third-order valence-electron chi connectivity index (χ3n) is 2.60. The molecule has 0 amide bonds. The SMILES string of the molecule is CC(C)NCCc1ccn(-c2ccccc2)n1. The van der Waals surface area contributed by atoms with Crippen LogP contribution in [0.3, 0.4) is 0 Å². The van der Waals surface area contributed by atoms with E-state index in [4.69, 9.17) is 0 Å². The Hall–Kier alpha value is -1.61. The molecule has 0 atom stereocenters. The van der Waals surface area contributed by atoms with E-state index in [2.05, 4.69) is 42.5 Å². The van der Waals surface area contributed by atoms with Crippen LogP contribution in [0.15, 0.2) is 42.6 Å². The molecule has 0 bridgehead atoms. The van der Waals surface area contributed by atoms with Crippen molar-refractivity contribution in [1.82, 2.24) is 15.1 Å². The third kappa shape index (κ3) is 3.43. The van der Waals surface area contributed by atoms with E-state index in [1.165, 1.54) is 0 Å². The zero-order valence-corrected chi connectivity index (χ0v) is 10.4. The lowest BCUT2D eigenvalue weighted by molar-refractivity contribution is 0.585. The number of nitrogens with zero attached hydrogens (tertiary/aromatic N) is 2. The van der Waals surface area contributed by atoms with Crippen molar-refractivity contribution in [3.8, 4) is 5.69 Å². The van der Waals surface area contributed by atoms with Gasteiger partial charge in [0.15, 0.2) is 0 Å². The monoisotopic (exact) mass is 229 g/mol. The highest BCUT2D eigenvalue weighted by Gasteiger charge is 2.01. The van der Waals surface area contributed by atoms with Crippen LogP contribution in [0.1, 0.15) is 19.5 Å². The lowest BCUT2D eigenvalue weighted by atomic mass is 10.3. The second-order valence-electron chi connectivity index (χ2n) is 4.45. The molecule has 2 rings (SSSR count). The van der Waals surface area contributed by atoms with Crippen molar-refractivity contribution in [2.75, 3.05) is 6.54 Å². The highest BCUT2D eigenvalue weighted by Crippen LogP contribution is 2.06. The molecule has 0 aliphatic carbocycles. The van der Waals surface area contributed by atoms with Gasteiger partial charge in [0, 0.05) is 25.2 Å². The van der Waals surface area contributed by atoms with Gasteiger partial charge in [-0.15, -0.1) is 0 Å². The van der Waals surface area contributed by atoms with E-state index in [0.29, 0.717) is 6.04 Å². The van der Waals surface area contributed by atoms with E-state index >= 15 is 0 Å². The summed E-state index contributed by atoms with van der Waals surface area (Å²) in [6.45, 7) is 5.29. The molecule has 2 aromatic rings. The summed E-state index contributed by atoms with van der Waals surface area (Å²) in [7, 11) is 0. The van der Waals surface area contributed by atoms with Crippen molar-refractivity contribution < 1.29 is 0 Å². The van der Waals surface area contributed by atoms with E-state index in [1.54, 1.807) is 0 Å². The minimum Gasteiger partial charge on any atom is -0.314 e. The quantitative estimate of drug-likeness (QED) is 0.853. The molecular formula is C14H19N3. The van der Waals surface area contributed by atoms with Crippen LogP contribution >= 0.6 is 0 Å². The van der Waals surface area contributed by atoms with Gasteiger partial charge in [-0.05, 0) is 18.2 Å². The fraction of sp³-hybridized carbons (Fsp3) is 0.357. The van der Waals surface area contributed by atoms with Gasteiger partial charge in [-0.25, -0.2) is 4.68 Å². The molecule has 0 saturated heterocycles. The fourth-order valence-corrected chi connectivity index (χ4v) is 1.71. The number of hydrogen-bond acceptors (Lipinski definition) is 2. The Bertz CT molecular complexity index is 446. The Balaban J connectivity index is 1.97. The Kier molecular flexibility index (Phi) is 3.94. The smallest absolute Gasteiger partial charge is 0.0645 e. The lowest BCUT2D eigenvalue weighted by Gasteiger charge is -2.05. The molecule has 0 spiro atoms. The van der Waals surface area contributed by atoms with E-state index in [9.17, 15) is 0 Å². The zero-order chi connectivity index (χ0) is 12.1.